The number of unbranched alkanes of at least 4 members (excludes halogenated alkanes) is 1. The molecule has 0 bridgehead atoms. The Balaban J connectivity index is 1.96. The van der Waals surface area contributed by atoms with Gasteiger partial charge in [0.2, 0.25) is 0 Å². The summed E-state index contributed by atoms with van der Waals surface area (Å²) in [5.74, 6) is -0.809. The Labute approximate surface area is 162 Å². The lowest BCUT2D eigenvalue weighted by Crippen LogP contribution is -2.34. The predicted molar refractivity (Wildman–Crippen MR) is 107 cm³/mol. The minimum Gasteiger partial charge on any atom is -0.462 e. The van der Waals surface area contributed by atoms with Crippen LogP contribution in [0.4, 0.5) is 5.69 Å². The third-order valence-electron chi connectivity index (χ3n) is 3.43. The van der Waals surface area contributed by atoms with Gasteiger partial charge in [-0.3, -0.25) is 10.1 Å². The monoisotopic (exact) mass is 390 g/mol. The van der Waals surface area contributed by atoms with Gasteiger partial charge in [-0.1, -0.05) is 43.1 Å². The van der Waals surface area contributed by atoms with E-state index in [1.165, 1.54) is 0 Å². The zero-order valence-electron chi connectivity index (χ0n) is 14.3. The molecule has 7 heteroatoms. The average Bonchev–Trinajstić information content (AvgIpc) is 2.62. The zero-order valence-corrected chi connectivity index (χ0v) is 15.8. The highest BCUT2D eigenvalue weighted by Gasteiger charge is 2.12. The fourth-order valence-corrected chi connectivity index (χ4v) is 2.53. The van der Waals surface area contributed by atoms with Gasteiger partial charge in [0.25, 0.3) is 5.91 Å². The maximum absolute atomic E-state index is 12.2. The molecular formula is C19H19ClN2O3S. The van der Waals surface area contributed by atoms with Gasteiger partial charge in [-0.05, 0) is 49.0 Å². The molecule has 2 rings (SSSR count). The maximum atomic E-state index is 12.2. The Morgan fingerprint density at radius 3 is 2.65 bits per heavy atom. The average molecular weight is 391 g/mol. The summed E-state index contributed by atoms with van der Waals surface area (Å²) in [6.07, 6.45) is 1.77. The van der Waals surface area contributed by atoms with E-state index in [9.17, 15) is 9.59 Å². The molecule has 0 unspecified atom stereocenters. The van der Waals surface area contributed by atoms with Crippen LogP contribution in [0.2, 0.25) is 5.02 Å². The number of nitrogens with one attached hydrogen (secondary N) is 2. The van der Waals surface area contributed by atoms with Crippen molar-refractivity contribution >= 4 is 46.5 Å². The Morgan fingerprint density at radius 1 is 1.15 bits per heavy atom. The van der Waals surface area contributed by atoms with Crippen molar-refractivity contribution in [2.45, 2.75) is 19.8 Å². The number of ether oxygens (including phenoxy) is 1. The summed E-state index contributed by atoms with van der Waals surface area (Å²) in [6, 6.07) is 13.4. The van der Waals surface area contributed by atoms with Crippen molar-refractivity contribution in [2.75, 3.05) is 11.9 Å². The zero-order chi connectivity index (χ0) is 18.9. The molecule has 1 amide bonds. The van der Waals surface area contributed by atoms with E-state index in [0.717, 1.165) is 12.8 Å². The summed E-state index contributed by atoms with van der Waals surface area (Å²) < 4.78 is 5.18. The maximum Gasteiger partial charge on any atom is 0.338 e. The molecule has 0 aliphatic rings. The minimum absolute atomic E-state index is 0.103. The lowest BCUT2D eigenvalue weighted by molar-refractivity contribution is 0.0499. The topological polar surface area (TPSA) is 67.4 Å². The fourth-order valence-electron chi connectivity index (χ4n) is 2.09. The second-order valence-electron chi connectivity index (χ2n) is 5.46. The largest absolute Gasteiger partial charge is 0.462 e. The van der Waals surface area contributed by atoms with Crippen molar-refractivity contribution in [3.63, 3.8) is 0 Å². The van der Waals surface area contributed by atoms with Crippen LogP contribution < -0.4 is 10.6 Å². The Kier molecular flexibility index (Phi) is 7.56. The van der Waals surface area contributed by atoms with E-state index in [0.29, 0.717) is 28.4 Å². The molecule has 2 aromatic carbocycles. The third-order valence-corrected chi connectivity index (χ3v) is 3.97. The number of halogens is 1. The van der Waals surface area contributed by atoms with Crippen molar-refractivity contribution < 1.29 is 14.3 Å². The van der Waals surface area contributed by atoms with Crippen molar-refractivity contribution in [1.29, 1.82) is 0 Å². The van der Waals surface area contributed by atoms with E-state index in [1.807, 2.05) is 6.92 Å². The van der Waals surface area contributed by atoms with Gasteiger partial charge in [0.1, 0.15) is 0 Å². The molecule has 0 spiro atoms. The summed E-state index contributed by atoms with van der Waals surface area (Å²) in [7, 11) is 0. The smallest absolute Gasteiger partial charge is 0.338 e. The Hall–Kier alpha value is -2.44. The number of hydrogen-bond donors (Lipinski definition) is 2. The highest BCUT2D eigenvalue weighted by molar-refractivity contribution is 7.80. The Bertz CT molecular complexity index is 811. The van der Waals surface area contributed by atoms with Gasteiger partial charge >= 0.3 is 5.97 Å². The number of esters is 1. The molecule has 0 aliphatic carbocycles. The number of benzene rings is 2. The van der Waals surface area contributed by atoms with Gasteiger partial charge in [-0.2, -0.15) is 0 Å². The van der Waals surface area contributed by atoms with E-state index in [4.69, 9.17) is 28.6 Å². The highest BCUT2D eigenvalue weighted by atomic mass is 35.5. The molecule has 5 nitrogen and oxygen atoms in total. The van der Waals surface area contributed by atoms with Gasteiger partial charge in [0, 0.05) is 5.69 Å². The number of hydrogen-bond acceptors (Lipinski definition) is 4. The first kappa shape index (κ1) is 19.9. The highest BCUT2D eigenvalue weighted by Crippen LogP contribution is 2.15. The molecule has 0 saturated heterocycles. The van der Waals surface area contributed by atoms with Crippen molar-refractivity contribution in [3.8, 4) is 0 Å². The van der Waals surface area contributed by atoms with Crippen LogP contribution >= 0.6 is 23.8 Å². The molecule has 0 fully saturated rings. The summed E-state index contributed by atoms with van der Waals surface area (Å²) in [4.78, 5) is 24.2. The first-order valence-corrected chi connectivity index (χ1v) is 8.94. The second-order valence-corrected chi connectivity index (χ2v) is 6.27. The summed E-state index contributed by atoms with van der Waals surface area (Å²) in [5, 5.41) is 5.87. The lowest BCUT2D eigenvalue weighted by atomic mass is 10.2. The number of rotatable bonds is 6. The molecule has 0 aromatic heterocycles. The van der Waals surface area contributed by atoms with Crippen LogP contribution in [0.25, 0.3) is 0 Å². The molecule has 136 valence electrons. The third kappa shape index (κ3) is 5.82. The quantitative estimate of drug-likeness (QED) is 0.434. The van der Waals surface area contributed by atoms with Crippen molar-refractivity contribution in [3.05, 3.63) is 64.7 Å². The van der Waals surface area contributed by atoms with Crippen LogP contribution in [0.3, 0.4) is 0 Å². The SMILES string of the molecule is CCCCOC(=O)c1cccc(NC(=S)NC(=O)c2ccccc2Cl)c1. The predicted octanol–water partition coefficient (Wildman–Crippen LogP) is 4.42. The van der Waals surface area contributed by atoms with Gasteiger partial charge in [0.15, 0.2) is 5.11 Å². The number of thiocarbonyl (C=S) groups is 1. The minimum atomic E-state index is -0.414. The van der Waals surface area contributed by atoms with E-state index in [-0.39, 0.29) is 5.11 Å². The van der Waals surface area contributed by atoms with E-state index < -0.39 is 11.9 Å². The van der Waals surface area contributed by atoms with Gasteiger partial charge in [-0.25, -0.2) is 4.79 Å². The summed E-state index contributed by atoms with van der Waals surface area (Å²) >= 11 is 11.1. The van der Waals surface area contributed by atoms with Gasteiger partial charge in [0.05, 0.1) is 22.8 Å². The lowest BCUT2D eigenvalue weighted by Gasteiger charge is -2.11. The molecule has 0 heterocycles. The molecular weight excluding hydrogens is 372 g/mol. The van der Waals surface area contributed by atoms with Gasteiger partial charge in [-0.15, -0.1) is 0 Å². The van der Waals surface area contributed by atoms with Crippen LogP contribution in [0.1, 0.15) is 40.5 Å². The van der Waals surface area contributed by atoms with Crippen LogP contribution in [-0.4, -0.2) is 23.6 Å². The van der Waals surface area contributed by atoms with Crippen LogP contribution in [-0.2, 0) is 4.74 Å². The number of anilines is 1. The van der Waals surface area contributed by atoms with Crippen LogP contribution in [0.5, 0.6) is 0 Å². The van der Waals surface area contributed by atoms with Crippen molar-refractivity contribution in [1.82, 2.24) is 5.32 Å². The van der Waals surface area contributed by atoms with Gasteiger partial charge < -0.3 is 10.1 Å². The van der Waals surface area contributed by atoms with E-state index in [1.54, 1.807) is 48.5 Å². The first-order valence-electron chi connectivity index (χ1n) is 8.15. The molecule has 0 aliphatic heterocycles. The number of carbonyl (C=O) groups is 2. The molecule has 0 saturated carbocycles. The van der Waals surface area contributed by atoms with E-state index in [2.05, 4.69) is 10.6 Å². The van der Waals surface area contributed by atoms with Crippen LogP contribution in [0, 0.1) is 0 Å². The molecule has 2 aromatic rings. The molecule has 0 radical (unpaired) electrons. The summed E-state index contributed by atoms with van der Waals surface area (Å²) in [5.41, 5.74) is 1.30. The normalized spacial score (nSPS) is 10.1. The standard InChI is InChI=1S/C19H19ClN2O3S/c1-2-3-11-25-18(24)13-7-6-8-14(12-13)21-19(26)22-17(23)15-9-4-5-10-16(15)20/h4-10,12H,2-3,11H2,1H3,(H2,21,22,23,26). The second kappa shape index (κ2) is 9.89. The fraction of sp³-hybridized carbons (Fsp3) is 0.211. The Morgan fingerprint density at radius 2 is 1.92 bits per heavy atom. The van der Waals surface area contributed by atoms with Crippen LogP contribution in [0.15, 0.2) is 48.5 Å². The molecule has 0 atom stereocenters. The molecule has 26 heavy (non-hydrogen) atoms. The number of carbonyl (C=O) groups excluding carboxylic acids is 2. The van der Waals surface area contributed by atoms with Crippen molar-refractivity contribution in [2.24, 2.45) is 0 Å². The summed E-state index contributed by atoms with van der Waals surface area (Å²) in [6.45, 7) is 2.41. The molecule has 2 N–H and O–H groups in total. The number of amides is 1. The van der Waals surface area contributed by atoms with E-state index >= 15 is 0 Å². The first-order chi connectivity index (χ1) is 12.5.